The Balaban J connectivity index is 2.43. The van der Waals surface area contributed by atoms with Crippen molar-refractivity contribution >= 4 is 23.2 Å². The van der Waals surface area contributed by atoms with Gasteiger partial charge in [0.1, 0.15) is 5.15 Å². The van der Waals surface area contributed by atoms with Crippen molar-refractivity contribution in [3.05, 3.63) is 16.4 Å². The minimum atomic E-state index is 0.303. The topological polar surface area (TPSA) is 17.8 Å². The lowest BCUT2D eigenvalue weighted by atomic mass is 10.2. The largest absolute Gasteiger partial charge is 0.251 e. The highest BCUT2D eigenvalue weighted by Crippen LogP contribution is 2.43. The number of aromatic nitrogens is 2. The molecular formula is C10H14Cl2N2. The fourth-order valence-corrected chi connectivity index (χ4v) is 2.34. The van der Waals surface area contributed by atoms with Crippen LogP contribution in [0, 0.1) is 0 Å². The molecule has 0 atom stereocenters. The normalized spacial score (nSPS) is 16.6. The van der Waals surface area contributed by atoms with Gasteiger partial charge >= 0.3 is 0 Å². The molecule has 1 aromatic heterocycles. The van der Waals surface area contributed by atoms with E-state index in [1.807, 2.05) is 4.68 Å². The van der Waals surface area contributed by atoms with E-state index in [9.17, 15) is 0 Å². The van der Waals surface area contributed by atoms with Crippen LogP contribution in [0.15, 0.2) is 0 Å². The highest BCUT2D eigenvalue weighted by atomic mass is 35.5. The first kappa shape index (κ1) is 10.3. The summed E-state index contributed by atoms with van der Waals surface area (Å²) in [7, 11) is 0. The molecule has 78 valence electrons. The van der Waals surface area contributed by atoms with E-state index in [0.29, 0.717) is 17.8 Å². The minimum Gasteiger partial charge on any atom is -0.251 e. The zero-order valence-corrected chi connectivity index (χ0v) is 9.94. The van der Waals surface area contributed by atoms with E-state index in [-0.39, 0.29) is 0 Å². The van der Waals surface area contributed by atoms with Gasteiger partial charge < -0.3 is 0 Å². The predicted molar refractivity (Wildman–Crippen MR) is 59.2 cm³/mol. The average molecular weight is 233 g/mol. The third-order valence-corrected chi connectivity index (χ3v) is 3.23. The molecule has 0 aromatic carbocycles. The van der Waals surface area contributed by atoms with Crippen LogP contribution in [0.4, 0.5) is 0 Å². The number of hydrogen-bond donors (Lipinski definition) is 0. The van der Waals surface area contributed by atoms with Gasteiger partial charge in [0.15, 0.2) is 0 Å². The lowest BCUT2D eigenvalue weighted by molar-refractivity contribution is 0.527. The fourth-order valence-electron chi connectivity index (χ4n) is 1.61. The van der Waals surface area contributed by atoms with Gasteiger partial charge in [-0.15, -0.1) is 11.6 Å². The van der Waals surface area contributed by atoms with Crippen LogP contribution in [-0.2, 0) is 5.88 Å². The molecule has 0 saturated heterocycles. The maximum absolute atomic E-state index is 6.21. The standard InChI is InChI=1S/C10H14Cl2N2/c1-6(2)14-10(12)8(5-11)9(13-14)7-3-4-7/h6-7H,3-5H2,1-2H3. The zero-order chi connectivity index (χ0) is 10.3. The summed E-state index contributed by atoms with van der Waals surface area (Å²) < 4.78 is 1.87. The van der Waals surface area contributed by atoms with Crippen molar-refractivity contribution in [2.75, 3.05) is 0 Å². The van der Waals surface area contributed by atoms with Crippen molar-refractivity contribution in [3.63, 3.8) is 0 Å². The summed E-state index contributed by atoms with van der Waals surface area (Å²) >= 11 is 12.1. The van der Waals surface area contributed by atoms with Crippen LogP contribution in [0.1, 0.15) is 49.9 Å². The molecule has 1 aromatic rings. The molecule has 1 aliphatic carbocycles. The molecule has 1 fully saturated rings. The Morgan fingerprint density at radius 1 is 1.50 bits per heavy atom. The molecule has 1 aliphatic rings. The van der Waals surface area contributed by atoms with Crippen LogP contribution in [0.5, 0.6) is 0 Å². The molecule has 2 rings (SSSR count). The van der Waals surface area contributed by atoms with Crippen LogP contribution in [0.3, 0.4) is 0 Å². The summed E-state index contributed by atoms with van der Waals surface area (Å²) in [6, 6.07) is 0.303. The summed E-state index contributed by atoms with van der Waals surface area (Å²) in [6.45, 7) is 4.15. The first-order chi connectivity index (χ1) is 6.65. The van der Waals surface area contributed by atoms with Gasteiger partial charge in [-0.05, 0) is 26.7 Å². The average Bonchev–Trinajstić information content (AvgIpc) is 2.90. The maximum atomic E-state index is 6.21. The molecular weight excluding hydrogens is 219 g/mol. The molecule has 0 N–H and O–H groups in total. The van der Waals surface area contributed by atoms with Gasteiger partial charge in [0.25, 0.3) is 0 Å². The monoisotopic (exact) mass is 232 g/mol. The van der Waals surface area contributed by atoms with E-state index in [4.69, 9.17) is 23.2 Å². The predicted octanol–water partition coefficient (Wildman–Crippen LogP) is 3.73. The highest BCUT2D eigenvalue weighted by molar-refractivity contribution is 6.31. The van der Waals surface area contributed by atoms with E-state index in [0.717, 1.165) is 16.4 Å². The van der Waals surface area contributed by atoms with E-state index < -0.39 is 0 Å². The molecule has 0 bridgehead atoms. The molecule has 0 unspecified atom stereocenters. The first-order valence-corrected chi connectivity index (χ1v) is 5.89. The van der Waals surface area contributed by atoms with E-state index in [1.54, 1.807) is 0 Å². The van der Waals surface area contributed by atoms with Crippen LogP contribution in [0.25, 0.3) is 0 Å². The summed E-state index contributed by atoms with van der Waals surface area (Å²) in [5.74, 6) is 1.08. The molecule has 2 nitrogen and oxygen atoms in total. The smallest absolute Gasteiger partial charge is 0.132 e. The summed E-state index contributed by atoms with van der Waals surface area (Å²) in [5.41, 5.74) is 2.16. The Labute approximate surface area is 94.2 Å². The van der Waals surface area contributed by atoms with Crippen molar-refractivity contribution in [3.8, 4) is 0 Å². The molecule has 4 heteroatoms. The summed E-state index contributed by atoms with van der Waals surface area (Å²) in [6.07, 6.45) is 2.46. The molecule has 0 aliphatic heterocycles. The highest BCUT2D eigenvalue weighted by Gasteiger charge is 2.31. The molecule has 0 amide bonds. The number of alkyl halides is 1. The van der Waals surface area contributed by atoms with Crippen molar-refractivity contribution in [2.45, 2.75) is 44.5 Å². The number of nitrogens with zero attached hydrogens (tertiary/aromatic N) is 2. The van der Waals surface area contributed by atoms with Crippen LogP contribution in [0.2, 0.25) is 5.15 Å². The third-order valence-electron chi connectivity index (χ3n) is 2.56. The van der Waals surface area contributed by atoms with Crippen LogP contribution in [-0.4, -0.2) is 9.78 Å². The fraction of sp³-hybridized carbons (Fsp3) is 0.700. The molecule has 0 spiro atoms. The van der Waals surface area contributed by atoms with Gasteiger partial charge in [0.2, 0.25) is 0 Å². The van der Waals surface area contributed by atoms with Gasteiger partial charge in [-0.1, -0.05) is 11.6 Å². The number of rotatable bonds is 3. The van der Waals surface area contributed by atoms with Gasteiger partial charge in [-0.2, -0.15) is 5.10 Å². The van der Waals surface area contributed by atoms with Crippen LogP contribution >= 0.6 is 23.2 Å². The first-order valence-electron chi connectivity index (χ1n) is 4.98. The van der Waals surface area contributed by atoms with Gasteiger partial charge in [0.05, 0.1) is 11.6 Å². The molecule has 1 saturated carbocycles. The SMILES string of the molecule is CC(C)n1nc(C2CC2)c(CCl)c1Cl. The van der Waals surface area contributed by atoms with E-state index >= 15 is 0 Å². The van der Waals surface area contributed by atoms with E-state index in [2.05, 4.69) is 18.9 Å². The van der Waals surface area contributed by atoms with Crippen LogP contribution < -0.4 is 0 Å². The Morgan fingerprint density at radius 3 is 2.57 bits per heavy atom. The van der Waals surface area contributed by atoms with E-state index in [1.165, 1.54) is 12.8 Å². The van der Waals surface area contributed by atoms with Crippen molar-refractivity contribution in [1.82, 2.24) is 9.78 Å². The molecule has 14 heavy (non-hydrogen) atoms. The maximum Gasteiger partial charge on any atom is 0.132 e. The second-order valence-electron chi connectivity index (χ2n) is 4.10. The Kier molecular flexibility index (Phi) is 2.76. The Bertz CT molecular complexity index is 340. The quantitative estimate of drug-likeness (QED) is 0.727. The third kappa shape index (κ3) is 1.66. The van der Waals surface area contributed by atoms with Crippen molar-refractivity contribution in [2.24, 2.45) is 0 Å². The minimum absolute atomic E-state index is 0.303. The molecule has 0 radical (unpaired) electrons. The Morgan fingerprint density at radius 2 is 2.14 bits per heavy atom. The number of halogens is 2. The lowest BCUT2D eigenvalue weighted by Gasteiger charge is -2.05. The number of hydrogen-bond acceptors (Lipinski definition) is 1. The Hall–Kier alpha value is -0.210. The summed E-state index contributed by atoms with van der Waals surface area (Å²) in [5, 5.41) is 5.26. The van der Waals surface area contributed by atoms with Gasteiger partial charge in [-0.25, -0.2) is 0 Å². The lowest BCUT2D eigenvalue weighted by Crippen LogP contribution is -2.03. The zero-order valence-electron chi connectivity index (χ0n) is 8.43. The molecule has 1 heterocycles. The van der Waals surface area contributed by atoms with Gasteiger partial charge in [-0.3, -0.25) is 4.68 Å². The van der Waals surface area contributed by atoms with Crippen molar-refractivity contribution < 1.29 is 0 Å². The second kappa shape index (κ2) is 3.74. The van der Waals surface area contributed by atoms with Crippen molar-refractivity contribution in [1.29, 1.82) is 0 Å². The summed E-state index contributed by atoms with van der Waals surface area (Å²) in [4.78, 5) is 0. The second-order valence-corrected chi connectivity index (χ2v) is 4.73. The van der Waals surface area contributed by atoms with Gasteiger partial charge in [0, 0.05) is 17.5 Å².